The lowest BCUT2D eigenvalue weighted by atomic mass is 10.2. The van der Waals surface area contributed by atoms with Gasteiger partial charge in [-0.25, -0.2) is 4.79 Å². The minimum Gasteiger partial charge on any atom is -0.490 e. The van der Waals surface area contributed by atoms with E-state index in [1.54, 1.807) is 6.21 Å². The summed E-state index contributed by atoms with van der Waals surface area (Å²) in [5.74, 6) is 1.17. The molecule has 38 heavy (non-hydrogen) atoms. The van der Waals surface area contributed by atoms with E-state index in [1.165, 1.54) is 7.11 Å². The number of rotatable bonds is 11. The molecule has 1 aliphatic rings. The fourth-order valence-electron chi connectivity index (χ4n) is 3.13. The van der Waals surface area contributed by atoms with Gasteiger partial charge in [0.25, 0.3) is 5.91 Å². The molecule has 0 aliphatic carbocycles. The van der Waals surface area contributed by atoms with Crippen LogP contribution in [0.2, 0.25) is 0 Å². The maximum atomic E-state index is 11.8. The van der Waals surface area contributed by atoms with E-state index < -0.39 is 11.9 Å². The lowest BCUT2D eigenvalue weighted by Gasteiger charge is -2.10. The van der Waals surface area contributed by atoms with E-state index in [4.69, 9.17) is 14.2 Å². The van der Waals surface area contributed by atoms with Crippen molar-refractivity contribution >= 4 is 35.0 Å². The van der Waals surface area contributed by atoms with E-state index in [0.29, 0.717) is 25.6 Å². The molecule has 1 amide bonds. The van der Waals surface area contributed by atoms with Crippen molar-refractivity contribution in [2.24, 2.45) is 10.2 Å². The van der Waals surface area contributed by atoms with Crippen LogP contribution in [-0.2, 0) is 20.9 Å². The van der Waals surface area contributed by atoms with Crippen LogP contribution >= 0.6 is 11.8 Å². The first-order valence-corrected chi connectivity index (χ1v) is 12.4. The van der Waals surface area contributed by atoms with Gasteiger partial charge >= 0.3 is 5.97 Å². The van der Waals surface area contributed by atoms with Gasteiger partial charge in [0.2, 0.25) is 0 Å². The molecule has 194 valence electrons. The van der Waals surface area contributed by atoms with Crippen LogP contribution in [0.5, 0.6) is 17.2 Å². The number of methoxy groups -OCH3 is 1. The van der Waals surface area contributed by atoms with Crippen LogP contribution in [0.1, 0.15) is 11.1 Å². The first-order chi connectivity index (χ1) is 18.6. The topological polar surface area (TPSA) is 108 Å². The van der Waals surface area contributed by atoms with Crippen LogP contribution in [0.4, 0.5) is 0 Å². The summed E-state index contributed by atoms with van der Waals surface area (Å²) in [6, 6.07) is 24.8. The highest BCUT2D eigenvalue weighted by Gasteiger charge is 2.24. The number of nitrogens with one attached hydrogen (secondary N) is 1. The third-order valence-electron chi connectivity index (χ3n) is 5.03. The predicted molar refractivity (Wildman–Crippen MR) is 146 cm³/mol. The maximum absolute atomic E-state index is 11.8. The van der Waals surface area contributed by atoms with Crippen molar-refractivity contribution in [3.63, 3.8) is 0 Å². The summed E-state index contributed by atoms with van der Waals surface area (Å²) in [5, 5.41) is 10.7. The first-order valence-electron chi connectivity index (χ1n) is 11.6. The first kappa shape index (κ1) is 26.5. The highest BCUT2D eigenvalue weighted by molar-refractivity contribution is 8.18. The van der Waals surface area contributed by atoms with Crippen molar-refractivity contribution in [3.05, 3.63) is 101 Å². The van der Waals surface area contributed by atoms with Gasteiger partial charge < -0.3 is 18.9 Å². The Bertz CT molecular complexity index is 1320. The number of ether oxygens (including phenoxy) is 4. The third-order valence-corrected chi connectivity index (χ3v) is 5.93. The number of esters is 1. The summed E-state index contributed by atoms with van der Waals surface area (Å²) in [5.41, 5.74) is 1.91. The number of hydrogen-bond donors (Lipinski definition) is 1. The van der Waals surface area contributed by atoms with Gasteiger partial charge in [0.1, 0.15) is 37.1 Å². The molecule has 1 saturated heterocycles. The summed E-state index contributed by atoms with van der Waals surface area (Å²) in [7, 11) is 1.24. The van der Waals surface area contributed by atoms with Crippen LogP contribution in [0, 0.1) is 0 Å². The van der Waals surface area contributed by atoms with Gasteiger partial charge in [0, 0.05) is 6.08 Å². The lowest BCUT2D eigenvalue weighted by molar-refractivity contribution is -0.135. The van der Waals surface area contributed by atoms with Gasteiger partial charge in [-0.05, 0) is 71.4 Å². The summed E-state index contributed by atoms with van der Waals surface area (Å²) < 4.78 is 21.8. The second-order valence-electron chi connectivity index (χ2n) is 7.75. The van der Waals surface area contributed by atoms with E-state index in [-0.39, 0.29) is 10.1 Å². The second-order valence-corrected chi connectivity index (χ2v) is 8.78. The van der Waals surface area contributed by atoms with Gasteiger partial charge in [-0.3, -0.25) is 10.1 Å². The molecule has 10 heteroatoms. The highest BCUT2D eigenvalue weighted by Crippen LogP contribution is 2.23. The van der Waals surface area contributed by atoms with Crippen LogP contribution in [-0.4, -0.2) is 43.6 Å². The molecule has 0 unspecified atom stereocenters. The number of carbonyl (C=O) groups is 2. The zero-order chi connectivity index (χ0) is 26.6. The average Bonchev–Trinajstić information content (AvgIpc) is 3.30. The molecule has 0 radical (unpaired) electrons. The molecule has 0 atom stereocenters. The van der Waals surface area contributed by atoms with E-state index in [2.05, 4.69) is 20.3 Å². The second kappa shape index (κ2) is 13.7. The molecule has 1 fully saturated rings. The van der Waals surface area contributed by atoms with Crippen molar-refractivity contribution in [2.45, 2.75) is 6.61 Å². The lowest BCUT2D eigenvalue weighted by Crippen LogP contribution is -2.19. The number of benzene rings is 3. The van der Waals surface area contributed by atoms with Crippen LogP contribution in [0.3, 0.4) is 0 Å². The summed E-state index contributed by atoms with van der Waals surface area (Å²) in [6.07, 6.45) is 2.65. The van der Waals surface area contributed by atoms with E-state index >= 15 is 0 Å². The number of amides is 1. The Labute approximate surface area is 224 Å². The molecule has 1 aliphatic heterocycles. The van der Waals surface area contributed by atoms with Gasteiger partial charge in [-0.15, -0.1) is 5.10 Å². The number of carbonyl (C=O) groups excluding carboxylic acids is 2. The van der Waals surface area contributed by atoms with E-state index in [1.807, 2.05) is 78.9 Å². The van der Waals surface area contributed by atoms with Crippen molar-refractivity contribution in [1.29, 1.82) is 0 Å². The maximum Gasteiger partial charge on any atom is 0.331 e. The molecule has 4 rings (SSSR count). The Hall–Kier alpha value is -4.57. The average molecular weight is 532 g/mol. The van der Waals surface area contributed by atoms with Gasteiger partial charge in [-0.1, -0.05) is 30.3 Å². The highest BCUT2D eigenvalue weighted by atomic mass is 32.2. The fraction of sp³-hybridized carbons (Fsp3) is 0.143. The van der Waals surface area contributed by atoms with Crippen LogP contribution < -0.4 is 19.5 Å². The smallest absolute Gasteiger partial charge is 0.331 e. The molecule has 3 aromatic carbocycles. The largest absolute Gasteiger partial charge is 0.490 e. The number of amidine groups is 1. The number of thioether (sulfide) groups is 1. The normalized spacial score (nSPS) is 15.0. The zero-order valence-electron chi connectivity index (χ0n) is 20.5. The van der Waals surface area contributed by atoms with Crippen molar-refractivity contribution in [3.8, 4) is 17.2 Å². The summed E-state index contributed by atoms with van der Waals surface area (Å²) in [4.78, 5) is 23.3. The molecule has 9 nitrogen and oxygen atoms in total. The minimum absolute atomic E-state index is 0.196. The van der Waals surface area contributed by atoms with E-state index in [9.17, 15) is 9.59 Å². The SMILES string of the molecule is COC(=O)/C=C1/S/C(=N\N=Cc2ccc(OCCOc3ccc(OCc4ccccc4)cc3)cc2)NC1=O. The molecular weight excluding hydrogens is 506 g/mol. The van der Waals surface area contributed by atoms with Gasteiger partial charge in [-0.2, -0.15) is 5.10 Å². The summed E-state index contributed by atoms with van der Waals surface area (Å²) in [6.45, 7) is 1.29. The monoisotopic (exact) mass is 531 g/mol. The molecule has 1 heterocycles. The Kier molecular flexibility index (Phi) is 9.52. The fourth-order valence-corrected chi connectivity index (χ4v) is 3.87. The number of hydrogen-bond acceptors (Lipinski definition) is 9. The third kappa shape index (κ3) is 8.24. The van der Waals surface area contributed by atoms with Gasteiger partial charge in [0.15, 0.2) is 5.17 Å². The minimum atomic E-state index is -0.611. The zero-order valence-corrected chi connectivity index (χ0v) is 21.4. The predicted octanol–water partition coefficient (Wildman–Crippen LogP) is 4.33. The summed E-state index contributed by atoms with van der Waals surface area (Å²) >= 11 is 1.01. The molecule has 3 aromatic rings. The Morgan fingerprint density at radius 1 is 0.868 bits per heavy atom. The molecule has 0 saturated carbocycles. The van der Waals surface area contributed by atoms with Gasteiger partial charge in [0.05, 0.1) is 18.2 Å². The molecular formula is C28H25N3O6S. The molecule has 1 N–H and O–H groups in total. The molecule has 0 aromatic heterocycles. The van der Waals surface area contributed by atoms with E-state index in [0.717, 1.165) is 40.5 Å². The van der Waals surface area contributed by atoms with Crippen molar-refractivity contribution in [2.75, 3.05) is 20.3 Å². The van der Waals surface area contributed by atoms with Crippen LogP contribution in [0.15, 0.2) is 100 Å². The molecule has 0 spiro atoms. The Morgan fingerprint density at radius 2 is 1.47 bits per heavy atom. The van der Waals surface area contributed by atoms with Crippen molar-refractivity contribution in [1.82, 2.24) is 5.32 Å². The standard InChI is InChI=1S/C28H25N3O6S/c1-34-26(32)17-25-27(33)30-28(38-25)31-29-18-20-7-9-22(10-8-20)35-15-16-36-23-11-13-24(14-12-23)37-19-21-5-3-2-4-6-21/h2-14,17-18H,15-16,19H2,1H3,(H,30,31,33)/b25-17+,29-18?. The van der Waals surface area contributed by atoms with Crippen molar-refractivity contribution < 1.29 is 28.5 Å². The molecule has 0 bridgehead atoms. The Balaban J connectivity index is 1.16. The quantitative estimate of drug-likeness (QED) is 0.129. The number of nitrogens with zero attached hydrogens (tertiary/aromatic N) is 2. The van der Waals surface area contributed by atoms with Crippen LogP contribution in [0.25, 0.3) is 0 Å². The Morgan fingerprint density at radius 3 is 2.11 bits per heavy atom.